The number of hydrogen-bond acceptors (Lipinski definition) is 9. The summed E-state index contributed by atoms with van der Waals surface area (Å²) in [5, 5.41) is 13.4. The standard InChI is InChI=1S/C32H24BrN3O7S/c1-4-42-31(38)27-17(2)34-32-35(29(27)28-21-8-6-5-7-18(21)9-13-25(28)41-3)30(37)26(44-32)16-20-11-14-24(43-20)22-12-10-19(33)15-23(22)36(39)40/h5-16,29H,4H2,1-3H3/b26-16-/t29-/m1/s1. The van der Waals surface area contributed by atoms with E-state index in [2.05, 4.69) is 20.9 Å². The van der Waals surface area contributed by atoms with E-state index in [1.807, 2.05) is 36.4 Å². The van der Waals surface area contributed by atoms with Gasteiger partial charge in [0.1, 0.15) is 23.3 Å². The number of halogens is 1. The molecule has 12 heteroatoms. The monoisotopic (exact) mass is 673 g/mol. The van der Waals surface area contributed by atoms with Gasteiger partial charge in [0.15, 0.2) is 4.80 Å². The van der Waals surface area contributed by atoms with Gasteiger partial charge >= 0.3 is 5.97 Å². The Morgan fingerprint density at radius 3 is 2.73 bits per heavy atom. The quantitative estimate of drug-likeness (QED) is 0.120. The minimum Gasteiger partial charge on any atom is -0.496 e. The third kappa shape index (κ3) is 5.05. The smallest absolute Gasteiger partial charge is 0.338 e. The fourth-order valence-electron chi connectivity index (χ4n) is 5.37. The SMILES string of the molecule is CCOC(=O)C1=C(C)N=c2s/c(=C\c3ccc(-c4ccc(Br)cc4[N+](=O)[O-])o3)c(=O)n2[C@H]1c1c(OC)ccc2ccccc12. The zero-order valence-corrected chi connectivity index (χ0v) is 26.1. The fourth-order valence-corrected chi connectivity index (χ4v) is 6.74. The van der Waals surface area contributed by atoms with E-state index in [1.165, 1.54) is 10.6 Å². The van der Waals surface area contributed by atoms with Crippen LogP contribution in [0.2, 0.25) is 0 Å². The maximum Gasteiger partial charge on any atom is 0.338 e. The second-order valence-corrected chi connectivity index (χ2v) is 11.8. The van der Waals surface area contributed by atoms with E-state index in [1.54, 1.807) is 51.3 Å². The van der Waals surface area contributed by atoms with Crippen LogP contribution in [0, 0.1) is 10.1 Å². The Labute approximate surface area is 262 Å². The number of furan rings is 1. The molecule has 3 aromatic carbocycles. The maximum atomic E-state index is 14.2. The first-order chi connectivity index (χ1) is 21.2. The normalized spacial score (nSPS) is 14.8. The number of ether oxygens (including phenoxy) is 2. The Kier molecular flexibility index (Phi) is 7.78. The lowest BCUT2D eigenvalue weighted by atomic mass is 9.90. The van der Waals surface area contributed by atoms with Crippen molar-refractivity contribution >= 4 is 55.8 Å². The molecule has 0 fully saturated rings. The molecule has 44 heavy (non-hydrogen) atoms. The van der Waals surface area contributed by atoms with Crippen LogP contribution in [-0.2, 0) is 9.53 Å². The van der Waals surface area contributed by atoms with E-state index in [0.29, 0.717) is 42.1 Å². The number of rotatable bonds is 7. The van der Waals surface area contributed by atoms with E-state index in [9.17, 15) is 19.7 Å². The lowest BCUT2D eigenvalue weighted by molar-refractivity contribution is -0.384. The topological polar surface area (TPSA) is 126 Å². The van der Waals surface area contributed by atoms with Gasteiger partial charge in [0.25, 0.3) is 11.2 Å². The van der Waals surface area contributed by atoms with Crippen molar-refractivity contribution in [2.24, 2.45) is 4.99 Å². The molecule has 1 aliphatic rings. The number of carbonyl (C=O) groups excluding carboxylic acids is 1. The van der Waals surface area contributed by atoms with Crippen LogP contribution in [0.5, 0.6) is 5.75 Å². The number of thiazole rings is 1. The van der Waals surface area contributed by atoms with Crippen molar-refractivity contribution in [1.82, 2.24) is 4.57 Å². The minimum atomic E-state index is -0.883. The molecular weight excluding hydrogens is 650 g/mol. The molecule has 2 aromatic heterocycles. The number of nitro benzene ring substituents is 1. The molecule has 10 nitrogen and oxygen atoms in total. The van der Waals surface area contributed by atoms with Crippen molar-refractivity contribution in [3.63, 3.8) is 0 Å². The van der Waals surface area contributed by atoms with Crippen molar-refractivity contribution in [2.75, 3.05) is 13.7 Å². The summed E-state index contributed by atoms with van der Waals surface area (Å²) < 4.78 is 19.5. The summed E-state index contributed by atoms with van der Waals surface area (Å²) in [5.41, 5.74) is 1.10. The predicted molar refractivity (Wildman–Crippen MR) is 169 cm³/mol. The zero-order chi connectivity index (χ0) is 31.1. The van der Waals surface area contributed by atoms with Gasteiger partial charge in [0.2, 0.25) is 0 Å². The first-order valence-electron chi connectivity index (χ1n) is 13.5. The van der Waals surface area contributed by atoms with Crippen molar-refractivity contribution in [3.8, 4) is 17.1 Å². The van der Waals surface area contributed by atoms with Crippen LogP contribution >= 0.6 is 27.3 Å². The minimum absolute atomic E-state index is 0.120. The molecule has 0 radical (unpaired) electrons. The summed E-state index contributed by atoms with van der Waals surface area (Å²) in [5.74, 6) is 0.534. The number of allylic oxidation sites excluding steroid dienone is 1. The molecule has 0 spiro atoms. The van der Waals surface area contributed by atoms with Gasteiger partial charge in [-0.05, 0) is 55.0 Å². The van der Waals surface area contributed by atoms with Crippen molar-refractivity contribution in [1.29, 1.82) is 0 Å². The van der Waals surface area contributed by atoms with Crippen molar-refractivity contribution in [3.05, 3.63) is 124 Å². The highest BCUT2D eigenvalue weighted by atomic mass is 79.9. The Morgan fingerprint density at radius 1 is 1.18 bits per heavy atom. The van der Waals surface area contributed by atoms with Gasteiger partial charge in [-0.25, -0.2) is 9.79 Å². The van der Waals surface area contributed by atoms with Gasteiger partial charge in [-0.2, -0.15) is 0 Å². The highest BCUT2D eigenvalue weighted by molar-refractivity contribution is 9.10. The summed E-state index contributed by atoms with van der Waals surface area (Å²) in [6.45, 7) is 3.59. The number of esters is 1. The van der Waals surface area contributed by atoms with Gasteiger partial charge in [0.05, 0.1) is 40.0 Å². The Morgan fingerprint density at radius 2 is 1.98 bits per heavy atom. The van der Waals surface area contributed by atoms with E-state index < -0.39 is 22.5 Å². The Bertz CT molecular complexity index is 2200. The maximum absolute atomic E-state index is 14.2. The number of nitro groups is 1. The molecule has 1 atom stereocenters. The van der Waals surface area contributed by atoms with E-state index >= 15 is 0 Å². The molecule has 6 rings (SSSR count). The molecule has 0 amide bonds. The summed E-state index contributed by atoms with van der Waals surface area (Å²) in [6, 6.07) is 18.5. The lowest BCUT2D eigenvalue weighted by Crippen LogP contribution is -2.40. The molecule has 222 valence electrons. The molecule has 0 unspecified atom stereocenters. The lowest BCUT2D eigenvalue weighted by Gasteiger charge is -2.27. The number of benzene rings is 3. The first-order valence-corrected chi connectivity index (χ1v) is 15.1. The largest absolute Gasteiger partial charge is 0.496 e. The Balaban J connectivity index is 1.56. The summed E-state index contributed by atoms with van der Waals surface area (Å²) >= 11 is 4.41. The second kappa shape index (κ2) is 11.7. The predicted octanol–water partition coefficient (Wildman–Crippen LogP) is 5.89. The summed E-state index contributed by atoms with van der Waals surface area (Å²) in [4.78, 5) is 43.8. The van der Waals surface area contributed by atoms with E-state index in [-0.39, 0.29) is 23.6 Å². The van der Waals surface area contributed by atoms with Gasteiger partial charge in [0, 0.05) is 22.2 Å². The summed E-state index contributed by atoms with van der Waals surface area (Å²) in [7, 11) is 1.54. The third-order valence-corrected chi connectivity index (χ3v) is 8.74. The Hall–Kier alpha value is -4.81. The third-order valence-electron chi connectivity index (χ3n) is 7.26. The van der Waals surface area contributed by atoms with E-state index in [0.717, 1.165) is 22.1 Å². The molecule has 1 aliphatic heterocycles. The van der Waals surface area contributed by atoms with Crippen LogP contribution in [0.25, 0.3) is 28.2 Å². The molecule has 0 bridgehead atoms. The number of carbonyl (C=O) groups is 1. The fraction of sp³-hybridized carbons (Fsp3) is 0.156. The van der Waals surface area contributed by atoms with Crippen LogP contribution in [0.1, 0.15) is 31.2 Å². The molecule has 0 aliphatic carbocycles. The van der Waals surface area contributed by atoms with Crippen LogP contribution < -0.4 is 19.6 Å². The molecule has 5 aromatic rings. The number of methoxy groups -OCH3 is 1. The second-order valence-electron chi connectivity index (χ2n) is 9.83. The van der Waals surface area contributed by atoms with E-state index in [4.69, 9.17) is 13.9 Å². The molecule has 0 saturated carbocycles. The molecule has 3 heterocycles. The van der Waals surface area contributed by atoms with Gasteiger partial charge in [-0.15, -0.1) is 0 Å². The van der Waals surface area contributed by atoms with Gasteiger partial charge in [-0.3, -0.25) is 19.5 Å². The first kappa shape index (κ1) is 29.3. The number of nitrogens with zero attached hydrogens (tertiary/aromatic N) is 3. The number of aromatic nitrogens is 1. The summed E-state index contributed by atoms with van der Waals surface area (Å²) in [6.07, 6.45) is 1.57. The van der Waals surface area contributed by atoms with Crippen LogP contribution in [0.4, 0.5) is 5.69 Å². The van der Waals surface area contributed by atoms with Crippen LogP contribution in [0.3, 0.4) is 0 Å². The zero-order valence-electron chi connectivity index (χ0n) is 23.7. The molecular formula is C32H24BrN3O7S. The molecule has 0 N–H and O–H groups in total. The molecule has 0 saturated heterocycles. The van der Waals surface area contributed by atoms with Crippen LogP contribution in [0.15, 0.2) is 96.7 Å². The number of fused-ring (bicyclic) bond motifs is 2. The van der Waals surface area contributed by atoms with Crippen molar-refractivity contribution < 1.29 is 23.6 Å². The number of hydrogen-bond donors (Lipinski definition) is 0. The average molecular weight is 675 g/mol. The van der Waals surface area contributed by atoms with Crippen molar-refractivity contribution in [2.45, 2.75) is 19.9 Å². The van der Waals surface area contributed by atoms with Gasteiger partial charge < -0.3 is 13.9 Å². The highest BCUT2D eigenvalue weighted by Gasteiger charge is 2.36. The van der Waals surface area contributed by atoms with Crippen LogP contribution in [-0.4, -0.2) is 29.2 Å². The van der Waals surface area contributed by atoms with Gasteiger partial charge in [-0.1, -0.05) is 57.6 Å². The highest BCUT2D eigenvalue weighted by Crippen LogP contribution is 2.40. The average Bonchev–Trinajstić information content (AvgIpc) is 3.59.